The molecule has 4 heterocycles. The minimum absolute atomic E-state index is 0.0400. The molecule has 7 nitrogen and oxygen atoms in total. The van der Waals surface area contributed by atoms with Gasteiger partial charge in [-0.2, -0.15) is 0 Å². The lowest BCUT2D eigenvalue weighted by molar-refractivity contribution is -0.0349. The lowest BCUT2D eigenvalue weighted by Gasteiger charge is -2.33. The van der Waals surface area contributed by atoms with E-state index in [0.29, 0.717) is 12.4 Å². The molecule has 3 aromatic rings. The van der Waals surface area contributed by atoms with E-state index in [2.05, 4.69) is 36.9 Å². The third-order valence-corrected chi connectivity index (χ3v) is 5.07. The number of rotatable bonds is 5. The van der Waals surface area contributed by atoms with Crippen LogP contribution in [0.4, 0.5) is 11.6 Å². The molecule has 0 spiro atoms. The Morgan fingerprint density at radius 2 is 1.86 bits per heavy atom. The number of hydrogen-bond acceptors (Lipinski definition) is 7. The molecule has 1 fully saturated rings. The Bertz CT molecular complexity index is 942. The fourth-order valence-electron chi connectivity index (χ4n) is 3.56. The van der Waals surface area contributed by atoms with Gasteiger partial charge in [-0.3, -0.25) is 9.88 Å². The van der Waals surface area contributed by atoms with E-state index in [-0.39, 0.29) is 6.10 Å². The molecular formula is C22H26N6O. The van der Waals surface area contributed by atoms with Crippen LogP contribution in [0, 0.1) is 0 Å². The number of nitrogens with zero attached hydrogens (tertiary/aromatic N) is 5. The van der Waals surface area contributed by atoms with Crippen LogP contribution >= 0.6 is 0 Å². The normalized spacial score (nSPS) is 17.2. The van der Waals surface area contributed by atoms with Crippen LogP contribution in [0.15, 0.2) is 55.0 Å². The second-order valence-electron chi connectivity index (χ2n) is 7.42. The van der Waals surface area contributed by atoms with Crippen LogP contribution in [-0.4, -0.2) is 53.6 Å². The summed E-state index contributed by atoms with van der Waals surface area (Å²) in [7, 11) is 4.05. The first-order valence-electron chi connectivity index (χ1n) is 9.73. The summed E-state index contributed by atoms with van der Waals surface area (Å²) in [6.45, 7) is 3.23. The highest BCUT2D eigenvalue weighted by molar-refractivity contribution is 5.62. The summed E-state index contributed by atoms with van der Waals surface area (Å²) >= 11 is 0. The molecule has 0 saturated carbocycles. The molecule has 0 amide bonds. The number of nitrogen functional groups attached to an aromatic ring is 1. The van der Waals surface area contributed by atoms with Gasteiger partial charge < -0.3 is 15.4 Å². The first kappa shape index (κ1) is 19.3. The van der Waals surface area contributed by atoms with Crippen molar-refractivity contribution in [3.63, 3.8) is 0 Å². The van der Waals surface area contributed by atoms with Crippen LogP contribution in [0.3, 0.4) is 0 Å². The van der Waals surface area contributed by atoms with Crippen LogP contribution in [0.25, 0.3) is 11.1 Å². The predicted octanol–water partition coefficient (Wildman–Crippen LogP) is 2.76. The number of anilines is 2. The summed E-state index contributed by atoms with van der Waals surface area (Å²) in [6.07, 6.45) is 5.43. The topological polar surface area (TPSA) is 80.4 Å². The van der Waals surface area contributed by atoms with Crippen molar-refractivity contribution in [3.05, 3.63) is 66.2 Å². The standard InChI is InChI=1S/C22H26N6O/c1-27(2)22-18(4-3-9-24-22)14-28-10-11-29-20(15-28)19-7-5-16(12-25-19)17-6-8-21(23)26-13-17/h3-9,12-13,20H,10-11,14-15H2,1-2H3,(H2,23,26)/t20-/m0/s1. The smallest absolute Gasteiger partial charge is 0.132 e. The summed E-state index contributed by atoms with van der Waals surface area (Å²) in [5.41, 5.74) is 9.84. The number of nitrogens with two attached hydrogens (primary N) is 1. The van der Waals surface area contributed by atoms with Gasteiger partial charge in [0.05, 0.1) is 12.3 Å². The van der Waals surface area contributed by atoms with Crippen LogP contribution in [0.2, 0.25) is 0 Å². The second-order valence-corrected chi connectivity index (χ2v) is 7.42. The van der Waals surface area contributed by atoms with Crippen molar-refractivity contribution in [1.29, 1.82) is 0 Å². The zero-order chi connectivity index (χ0) is 20.2. The molecule has 3 aromatic heterocycles. The molecule has 1 atom stereocenters. The quantitative estimate of drug-likeness (QED) is 0.717. The Balaban J connectivity index is 1.45. The monoisotopic (exact) mass is 390 g/mol. The van der Waals surface area contributed by atoms with Crippen molar-refractivity contribution in [2.24, 2.45) is 0 Å². The second kappa shape index (κ2) is 8.55. The van der Waals surface area contributed by atoms with E-state index >= 15 is 0 Å². The molecule has 0 bridgehead atoms. The average molecular weight is 390 g/mol. The molecule has 1 aliphatic rings. The zero-order valence-corrected chi connectivity index (χ0v) is 16.8. The van der Waals surface area contributed by atoms with E-state index in [1.807, 2.05) is 44.7 Å². The lowest BCUT2D eigenvalue weighted by Crippen LogP contribution is -2.38. The third-order valence-electron chi connectivity index (χ3n) is 5.07. The van der Waals surface area contributed by atoms with Gasteiger partial charge >= 0.3 is 0 Å². The molecule has 1 saturated heterocycles. The first-order valence-corrected chi connectivity index (χ1v) is 9.73. The largest absolute Gasteiger partial charge is 0.384 e. The van der Waals surface area contributed by atoms with E-state index in [9.17, 15) is 0 Å². The molecular weight excluding hydrogens is 364 g/mol. The minimum atomic E-state index is -0.0400. The Hall–Kier alpha value is -3.03. The van der Waals surface area contributed by atoms with E-state index < -0.39 is 0 Å². The fourth-order valence-corrected chi connectivity index (χ4v) is 3.56. The summed E-state index contributed by atoms with van der Waals surface area (Å²) < 4.78 is 6.01. The number of pyridine rings is 3. The molecule has 0 aliphatic carbocycles. The summed E-state index contributed by atoms with van der Waals surface area (Å²) in [6, 6.07) is 12.0. The van der Waals surface area contributed by atoms with Crippen molar-refractivity contribution < 1.29 is 4.74 Å². The van der Waals surface area contributed by atoms with Crippen molar-refractivity contribution in [3.8, 4) is 11.1 Å². The van der Waals surface area contributed by atoms with Crippen LogP contribution in [0.1, 0.15) is 17.4 Å². The highest BCUT2D eigenvalue weighted by Gasteiger charge is 2.24. The molecule has 0 aromatic carbocycles. The molecule has 0 unspecified atom stereocenters. The van der Waals surface area contributed by atoms with E-state index in [1.54, 1.807) is 12.3 Å². The molecule has 29 heavy (non-hydrogen) atoms. The summed E-state index contributed by atoms with van der Waals surface area (Å²) in [4.78, 5) is 17.8. The third kappa shape index (κ3) is 4.52. The molecule has 0 radical (unpaired) electrons. The number of aromatic nitrogens is 3. The molecule has 150 valence electrons. The van der Waals surface area contributed by atoms with Crippen molar-refractivity contribution >= 4 is 11.6 Å². The van der Waals surface area contributed by atoms with Gasteiger partial charge in [0.2, 0.25) is 0 Å². The Morgan fingerprint density at radius 1 is 1.07 bits per heavy atom. The number of ether oxygens (including phenoxy) is 1. The van der Waals surface area contributed by atoms with Crippen molar-refractivity contribution in [2.75, 3.05) is 44.4 Å². The minimum Gasteiger partial charge on any atom is -0.384 e. The number of hydrogen-bond donors (Lipinski definition) is 1. The Morgan fingerprint density at radius 3 is 2.55 bits per heavy atom. The molecule has 7 heteroatoms. The maximum absolute atomic E-state index is 6.01. The van der Waals surface area contributed by atoms with E-state index in [4.69, 9.17) is 10.5 Å². The van der Waals surface area contributed by atoms with E-state index in [1.165, 1.54) is 5.56 Å². The van der Waals surface area contributed by atoms with Crippen LogP contribution in [0.5, 0.6) is 0 Å². The molecule has 2 N–H and O–H groups in total. The van der Waals surface area contributed by atoms with Gasteiger partial charge in [0.25, 0.3) is 0 Å². The van der Waals surface area contributed by atoms with Gasteiger partial charge in [0.15, 0.2) is 0 Å². The highest BCUT2D eigenvalue weighted by Crippen LogP contribution is 2.26. The lowest BCUT2D eigenvalue weighted by atomic mass is 10.1. The highest BCUT2D eigenvalue weighted by atomic mass is 16.5. The Kier molecular flexibility index (Phi) is 5.69. The van der Waals surface area contributed by atoms with Crippen LogP contribution < -0.4 is 10.6 Å². The fraction of sp³-hybridized carbons (Fsp3) is 0.318. The van der Waals surface area contributed by atoms with Gasteiger partial charge in [-0.15, -0.1) is 0 Å². The maximum atomic E-state index is 6.01. The van der Waals surface area contributed by atoms with Gasteiger partial charge in [0.1, 0.15) is 17.7 Å². The summed E-state index contributed by atoms with van der Waals surface area (Å²) in [5.74, 6) is 1.52. The predicted molar refractivity (Wildman–Crippen MR) is 114 cm³/mol. The maximum Gasteiger partial charge on any atom is 0.132 e. The first-order chi connectivity index (χ1) is 14.1. The number of morpholine rings is 1. The molecule has 4 rings (SSSR count). The van der Waals surface area contributed by atoms with Crippen LogP contribution in [-0.2, 0) is 11.3 Å². The van der Waals surface area contributed by atoms with Crippen molar-refractivity contribution in [1.82, 2.24) is 19.9 Å². The van der Waals surface area contributed by atoms with Gasteiger partial charge in [0, 0.05) is 69.0 Å². The Labute approximate surface area is 171 Å². The van der Waals surface area contributed by atoms with Gasteiger partial charge in [-0.05, 0) is 24.3 Å². The summed E-state index contributed by atoms with van der Waals surface area (Å²) in [5, 5.41) is 0. The average Bonchev–Trinajstić information content (AvgIpc) is 2.75. The van der Waals surface area contributed by atoms with Gasteiger partial charge in [-0.25, -0.2) is 9.97 Å². The van der Waals surface area contributed by atoms with Gasteiger partial charge in [-0.1, -0.05) is 12.1 Å². The zero-order valence-electron chi connectivity index (χ0n) is 16.8. The molecule has 1 aliphatic heterocycles. The SMILES string of the molecule is CN(C)c1ncccc1CN1CCO[C@H](c2ccc(-c3ccc(N)nc3)cn2)C1. The van der Waals surface area contributed by atoms with Crippen molar-refractivity contribution in [2.45, 2.75) is 12.6 Å². The van der Waals surface area contributed by atoms with E-state index in [0.717, 1.165) is 42.3 Å².